The Morgan fingerprint density at radius 3 is 2.27 bits per heavy atom. The minimum absolute atomic E-state index is 0.438. The zero-order valence-electron chi connectivity index (χ0n) is 19.4. The summed E-state index contributed by atoms with van der Waals surface area (Å²) in [5.74, 6) is 0.438. The molecule has 1 atom stereocenters. The minimum atomic E-state index is 0.438. The number of hydrogen-bond donors (Lipinski definition) is 0. The molecule has 3 aromatic carbocycles. The second-order valence-electron chi connectivity index (χ2n) is 8.73. The summed E-state index contributed by atoms with van der Waals surface area (Å²) in [6.45, 7) is 5.25. The Balaban J connectivity index is 1.63. The van der Waals surface area contributed by atoms with Crippen molar-refractivity contribution in [2.45, 2.75) is 44.6 Å². The molecule has 0 bridgehead atoms. The topological polar surface area (TPSA) is 12.4 Å². The maximum Gasteiger partial charge on any atom is 0.0643 e. The first-order valence-electron chi connectivity index (χ1n) is 12.0. The van der Waals surface area contributed by atoms with Crippen LogP contribution in [0.4, 0.5) is 0 Å². The average molecular weight is 432 g/mol. The van der Waals surface area contributed by atoms with E-state index >= 15 is 0 Å². The average Bonchev–Trinajstić information content (AvgIpc) is 2.86. The summed E-state index contributed by atoms with van der Waals surface area (Å²) in [5, 5.41) is 0. The van der Waals surface area contributed by atoms with E-state index in [4.69, 9.17) is 4.99 Å². The van der Waals surface area contributed by atoms with Gasteiger partial charge in [-0.1, -0.05) is 110 Å². The van der Waals surface area contributed by atoms with Gasteiger partial charge in [-0.25, -0.2) is 0 Å². The quantitative estimate of drug-likeness (QED) is 0.369. The Bertz CT molecular complexity index is 1120. The van der Waals surface area contributed by atoms with Gasteiger partial charge in [0.15, 0.2) is 0 Å². The van der Waals surface area contributed by atoms with E-state index < -0.39 is 0 Å². The molecule has 33 heavy (non-hydrogen) atoms. The first-order chi connectivity index (χ1) is 16.3. The van der Waals surface area contributed by atoms with Gasteiger partial charge >= 0.3 is 0 Å². The molecule has 0 saturated heterocycles. The summed E-state index contributed by atoms with van der Waals surface area (Å²) in [7, 11) is 0. The van der Waals surface area contributed by atoms with Gasteiger partial charge in [-0.3, -0.25) is 4.99 Å². The van der Waals surface area contributed by atoms with Crippen molar-refractivity contribution >= 4 is 11.3 Å². The van der Waals surface area contributed by atoms with E-state index in [2.05, 4.69) is 116 Å². The Morgan fingerprint density at radius 1 is 0.758 bits per heavy atom. The first kappa shape index (κ1) is 22.7. The predicted molar refractivity (Wildman–Crippen MR) is 143 cm³/mol. The standard InChI is InChI=1S/C32H33N/c1-26-23-29(28-17-10-6-11-18-28)19-9-3-2-4-12-21-31(24-30-20-13-14-22-32(26)30)33-25-27-15-7-5-8-16-27/h3,5-18,20-22,29H,1-2,4,19,23-25H2/b9-3+,21-12+,33-31?. The predicted octanol–water partition coefficient (Wildman–Crippen LogP) is 8.35. The smallest absolute Gasteiger partial charge is 0.0643 e. The summed E-state index contributed by atoms with van der Waals surface area (Å²) in [4.78, 5) is 4.99. The van der Waals surface area contributed by atoms with Crippen LogP contribution in [0.3, 0.4) is 0 Å². The number of fused-ring (bicyclic) bond motifs is 1. The van der Waals surface area contributed by atoms with Crippen LogP contribution >= 0.6 is 0 Å². The number of hydrogen-bond acceptors (Lipinski definition) is 1. The van der Waals surface area contributed by atoms with Crippen LogP contribution < -0.4 is 0 Å². The summed E-state index contributed by atoms with van der Waals surface area (Å²) in [6, 6.07) is 30.1. The van der Waals surface area contributed by atoms with Crippen molar-refractivity contribution in [3.8, 4) is 0 Å². The van der Waals surface area contributed by atoms with Crippen LogP contribution in [0.25, 0.3) is 5.57 Å². The van der Waals surface area contributed by atoms with Gasteiger partial charge in [-0.05, 0) is 65.5 Å². The number of rotatable bonds is 3. The lowest BCUT2D eigenvalue weighted by atomic mass is 9.85. The largest absolute Gasteiger partial charge is 0.285 e. The Labute approximate surface area is 198 Å². The molecule has 1 aliphatic carbocycles. The van der Waals surface area contributed by atoms with E-state index in [9.17, 15) is 0 Å². The number of benzene rings is 3. The van der Waals surface area contributed by atoms with Gasteiger partial charge in [-0.2, -0.15) is 0 Å². The van der Waals surface area contributed by atoms with Gasteiger partial charge in [0, 0.05) is 12.1 Å². The van der Waals surface area contributed by atoms with Gasteiger partial charge in [0.1, 0.15) is 0 Å². The molecule has 3 aromatic rings. The van der Waals surface area contributed by atoms with E-state index in [1.54, 1.807) is 0 Å². The van der Waals surface area contributed by atoms with Gasteiger partial charge in [0.05, 0.1) is 6.54 Å². The third-order valence-electron chi connectivity index (χ3n) is 6.24. The molecule has 0 heterocycles. The molecule has 0 N–H and O–H groups in total. The lowest BCUT2D eigenvalue weighted by Crippen LogP contribution is -2.06. The summed E-state index contributed by atoms with van der Waals surface area (Å²) < 4.78 is 0. The van der Waals surface area contributed by atoms with Crippen LogP contribution in [0, 0.1) is 0 Å². The van der Waals surface area contributed by atoms with Crippen molar-refractivity contribution < 1.29 is 0 Å². The molecule has 0 saturated carbocycles. The lowest BCUT2D eigenvalue weighted by molar-refractivity contribution is 0.719. The van der Waals surface area contributed by atoms with E-state index in [0.717, 1.165) is 37.8 Å². The van der Waals surface area contributed by atoms with Crippen molar-refractivity contribution in [1.82, 2.24) is 0 Å². The molecule has 1 nitrogen and oxygen atoms in total. The molecule has 1 heteroatoms. The molecule has 0 aliphatic heterocycles. The Kier molecular flexibility index (Phi) is 8.25. The fraction of sp³-hybridized carbons (Fsp3) is 0.219. The van der Waals surface area contributed by atoms with E-state index in [1.165, 1.54) is 27.8 Å². The molecular weight excluding hydrogens is 398 g/mol. The summed E-state index contributed by atoms with van der Waals surface area (Å²) in [6.07, 6.45) is 14.1. The van der Waals surface area contributed by atoms with Crippen molar-refractivity contribution in [2.24, 2.45) is 4.99 Å². The molecule has 0 spiro atoms. The van der Waals surface area contributed by atoms with Crippen LogP contribution in [-0.4, -0.2) is 5.71 Å². The molecule has 4 rings (SSSR count). The first-order valence-corrected chi connectivity index (χ1v) is 12.0. The van der Waals surface area contributed by atoms with Gasteiger partial charge in [0.2, 0.25) is 0 Å². The molecule has 0 amide bonds. The minimum Gasteiger partial charge on any atom is -0.285 e. The number of allylic oxidation sites excluding steroid dienone is 5. The second kappa shape index (κ2) is 12.0. The fourth-order valence-corrected chi connectivity index (χ4v) is 4.42. The molecule has 0 radical (unpaired) electrons. The maximum absolute atomic E-state index is 4.99. The number of nitrogens with zero attached hydrogens (tertiary/aromatic N) is 1. The molecule has 0 fully saturated rings. The summed E-state index contributed by atoms with van der Waals surface area (Å²) in [5.41, 5.74) is 7.52. The van der Waals surface area contributed by atoms with Crippen molar-refractivity contribution in [2.75, 3.05) is 0 Å². The molecule has 0 aromatic heterocycles. The normalized spacial score (nSPS) is 20.5. The highest BCUT2D eigenvalue weighted by molar-refractivity contribution is 5.97. The highest BCUT2D eigenvalue weighted by Crippen LogP contribution is 2.33. The zero-order chi connectivity index (χ0) is 22.7. The van der Waals surface area contributed by atoms with E-state index in [1.807, 2.05) is 0 Å². The van der Waals surface area contributed by atoms with Crippen LogP contribution in [0.15, 0.2) is 121 Å². The van der Waals surface area contributed by atoms with E-state index in [-0.39, 0.29) is 0 Å². The third kappa shape index (κ3) is 6.76. The lowest BCUT2D eigenvalue weighted by Gasteiger charge is -2.20. The van der Waals surface area contributed by atoms with Gasteiger partial charge < -0.3 is 0 Å². The maximum atomic E-state index is 4.99. The molecule has 1 aliphatic rings. The van der Waals surface area contributed by atoms with Crippen LogP contribution in [0.5, 0.6) is 0 Å². The SMILES string of the molecule is C=C1CC(c2ccccc2)C/C=C/CC/C=C/C(=NCc2ccccc2)Cc2ccccc21. The third-order valence-corrected chi connectivity index (χ3v) is 6.24. The van der Waals surface area contributed by atoms with Crippen LogP contribution in [-0.2, 0) is 13.0 Å². The van der Waals surface area contributed by atoms with Gasteiger partial charge in [-0.15, -0.1) is 0 Å². The fourth-order valence-electron chi connectivity index (χ4n) is 4.42. The Morgan fingerprint density at radius 2 is 1.45 bits per heavy atom. The highest BCUT2D eigenvalue weighted by atomic mass is 14.7. The number of aliphatic imine (C=N–C) groups is 1. The van der Waals surface area contributed by atoms with Crippen molar-refractivity contribution in [1.29, 1.82) is 0 Å². The molecule has 166 valence electrons. The monoisotopic (exact) mass is 431 g/mol. The van der Waals surface area contributed by atoms with Crippen LogP contribution in [0.2, 0.25) is 0 Å². The highest BCUT2D eigenvalue weighted by Gasteiger charge is 2.15. The zero-order valence-corrected chi connectivity index (χ0v) is 19.4. The molecular formula is C32H33N. The Hall–Kier alpha value is -3.45. The van der Waals surface area contributed by atoms with Crippen molar-refractivity contribution in [3.63, 3.8) is 0 Å². The summed E-state index contributed by atoms with van der Waals surface area (Å²) >= 11 is 0. The van der Waals surface area contributed by atoms with Gasteiger partial charge in [0.25, 0.3) is 0 Å². The second-order valence-corrected chi connectivity index (χ2v) is 8.73. The van der Waals surface area contributed by atoms with Crippen LogP contribution in [0.1, 0.15) is 53.9 Å². The van der Waals surface area contributed by atoms with E-state index in [0.29, 0.717) is 12.5 Å². The van der Waals surface area contributed by atoms with Crippen molar-refractivity contribution in [3.05, 3.63) is 138 Å². The molecule has 1 unspecified atom stereocenters.